The minimum atomic E-state index is -2.89. The first-order valence-electron chi connectivity index (χ1n) is 9.38. The number of rotatable bonds is 11. The molecule has 2 N–H and O–H groups in total. The van der Waals surface area contributed by atoms with Gasteiger partial charge in [0.2, 0.25) is 0 Å². The second-order valence-corrected chi connectivity index (χ2v) is 6.25. The van der Waals surface area contributed by atoms with E-state index in [1.165, 1.54) is 7.11 Å². The van der Waals surface area contributed by atoms with Gasteiger partial charge in [-0.2, -0.15) is 8.78 Å². The van der Waals surface area contributed by atoms with Crippen molar-refractivity contribution in [3.05, 3.63) is 23.8 Å². The molecule has 0 saturated carbocycles. The molecule has 0 amide bonds. The number of methoxy groups -OCH3 is 1. The van der Waals surface area contributed by atoms with Gasteiger partial charge in [0.05, 0.1) is 19.8 Å². The van der Waals surface area contributed by atoms with Crippen molar-refractivity contribution in [2.75, 3.05) is 47.1 Å². The highest BCUT2D eigenvalue weighted by Gasteiger charge is 2.15. The molecular formula is C19H29F2N3O4. The summed E-state index contributed by atoms with van der Waals surface area (Å²) in [5.74, 6) is 0.993. The Morgan fingerprint density at radius 3 is 2.79 bits per heavy atom. The zero-order valence-electron chi connectivity index (χ0n) is 16.4. The largest absolute Gasteiger partial charge is 0.493 e. The lowest BCUT2D eigenvalue weighted by Crippen LogP contribution is -2.39. The van der Waals surface area contributed by atoms with Gasteiger partial charge >= 0.3 is 6.61 Å². The smallest absolute Gasteiger partial charge is 0.387 e. The van der Waals surface area contributed by atoms with Crippen molar-refractivity contribution in [3.63, 3.8) is 0 Å². The highest BCUT2D eigenvalue weighted by Crippen LogP contribution is 2.29. The Kier molecular flexibility index (Phi) is 9.78. The van der Waals surface area contributed by atoms with Crippen molar-refractivity contribution in [3.8, 4) is 11.5 Å². The number of alkyl halides is 2. The Hall–Kier alpha value is -2.13. The number of halogens is 2. The van der Waals surface area contributed by atoms with Crippen LogP contribution in [0.15, 0.2) is 23.2 Å². The molecule has 1 aromatic rings. The Morgan fingerprint density at radius 1 is 1.29 bits per heavy atom. The van der Waals surface area contributed by atoms with Crippen molar-refractivity contribution in [1.29, 1.82) is 0 Å². The fraction of sp³-hybridized carbons (Fsp3) is 0.632. The molecule has 2 rings (SSSR count). The van der Waals surface area contributed by atoms with Crippen LogP contribution in [0.2, 0.25) is 0 Å². The number of nitrogens with zero attached hydrogens (tertiary/aromatic N) is 1. The molecule has 28 heavy (non-hydrogen) atoms. The Morgan fingerprint density at radius 2 is 2.11 bits per heavy atom. The summed E-state index contributed by atoms with van der Waals surface area (Å²) in [4.78, 5) is 4.17. The maximum Gasteiger partial charge on any atom is 0.387 e. The number of hydrogen-bond acceptors (Lipinski definition) is 5. The van der Waals surface area contributed by atoms with E-state index in [4.69, 9.17) is 14.2 Å². The van der Waals surface area contributed by atoms with Crippen LogP contribution in [0, 0.1) is 0 Å². The molecule has 1 atom stereocenters. The summed E-state index contributed by atoms with van der Waals surface area (Å²) >= 11 is 0. The summed E-state index contributed by atoms with van der Waals surface area (Å²) < 4.78 is 45.5. The summed E-state index contributed by atoms with van der Waals surface area (Å²) in [6.45, 7) is 0.584. The molecule has 1 unspecified atom stereocenters. The van der Waals surface area contributed by atoms with Gasteiger partial charge in [0.1, 0.15) is 0 Å². The number of guanidine groups is 1. The maximum absolute atomic E-state index is 12.5. The molecule has 1 heterocycles. The average molecular weight is 401 g/mol. The minimum absolute atomic E-state index is 0.0326. The number of aliphatic imine (C=N–C) groups is 1. The minimum Gasteiger partial charge on any atom is -0.493 e. The third kappa shape index (κ3) is 7.85. The molecule has 158 valence electrons. The Bertz CT molecular complexity index is 611. The van der Waals surface area contributed by atoms with E-state index in [0.717, 1.165) is 31.6 Å². The summed E-state index contributed by atoms with van der Waals surface area (Å²) in [6.07, 6.45) is 2.67. The van der Waals surface area contributed by atoms with E-state index in [9.17, 15) is 8.78 Å². The van der Waals surface area contributed by atoms with Crippen molar-refractivity contribution in [2.24, 2.45) is 4.99 Å². The van der Waals surface area contributed by atoms with E-state index < -0.39 is 6.61 Å². The van der Waals surface area contributed by atoms with Crippen molar-refractivity contribution in [2.45, 2.75) is 32.0 Å². The summed E-state index contributed by atoms with van der Waals surface area (Å²) in [5.41, 5.74) is 0.853. The molecule has 1 aliphatic heterocycles. The quantitative estimate of drug-likeness (QED) is 0.337. The van der Waals surface area contributed by atoms with Gasteiger partial charge in [-0.25, -0.2) is 0 Å². The van der Waals surface area contributed by atoms with E-state index >= 15 is 0 Å². The van der Waals surface area contributed by atoms with Crippen LogP contribution in [-0.4, -0.2) is 65.7 Å². The average Bonchev–Trinajstić information content (AvgIpc) is 3.19. The lowest BCUT2D eigenvalue weighted by molar-refractivity contribution is -0.0512. The van der Waals surface area contributed by atoms with E-state index in [1.54, 1.807) is 19.2 Å². The molecule has 1 saturated heterocycles. The van der Waals surface area contributed by atoms with E-state index in [1.807, 2.05) is 6.07 Å². The van der Waals surface area contributed by atoms with Crippen LogP contribution in [-0.2, 0) is 15.9 Å². The first-order valence-corrected chi connectivity index (χ1v) is 9.38. The molecule has 7 nitrogen and oxygen atoms in total. The first-order chi connectivity index (χ1) is 13.6. The summed E-state index contributed by atoms with van der Waals surface area (Å²) in [6, 6.07) is 5.00. The lowest BCUT2D eigenvalue weighted by Gasteiger charge is -2.14. The van der Waals surface area contributed by atoms with Crippen molar-refractivity contribution in [1.82, 2.24) is 10.6 Å². The fourth-order valence-corrected chi connectivity index (χ4v) is 2.78. The van der Waals surface area contributed by atoms with Crippen molar-refractivity contribution < 1.29 is 27.7 Å². The third-order valence-electron chi connectivity index (χ3n) is 4.23. The molecule has 0 aromatic heterocycles. The summed E-state index contributed by atoms with van der Waals surface area (Å²) in [5, 5.41) is 6.42. The van der Waals surface area contributed by atoms with Gasteiger partial charge in [-0.1, -0.05) is 6.07 Å². The molecule has 1 fully saturated rings. The fourth-order valence-electron chi connectivity index (χ4n) is 2.78. The van der Waals surface area contributed by atoms with Gasteiger partial charge in [-0.05, 0) is 37.0 Å². The lowest BCUT2D eigenvalue weighted by atomic mass is 10.1. The number of hydrogen-bond donors (Lipinski definition) is 2. The van der Waals surface area contributed by atoms with Crippen LogP contribution in [0.3, 0.4) is 0 Å². The SMILES string of the molecule is CN=C(NCCCOC1CCOC1)NCCc1ccc(OC)c(OC(F)F)c1. The first kappa shape index (κ1) is 22.2. The standard InChI is InChI=1S/C19H29F2N3O4/c1-22-19(23-8-3-10-27-15-7-11-26-13-15)24-9-6-14-4-5-16(25-2)17(12-14)28-18(20)21/h4-5,12,15,18H,3,6-11,13H2,1-2H3,(H2,22,23,24). The third-order valence-corrected chi connectivity index (χ3v) is 4.23. The number of ether oxygens (including phenoxy) is 4. The van der Waals surface area contributed by atoms with Crippen LogP contribution in [0.4, 0.5) is 8.78 Å². The molecule has 9 heteroatoms. The van der Waals surface area contributed by atoms with E-state index in [2.05, 4.69) is 20.4 Å². The van der Waals surface area contributed by atoms with E-state index in [0.29, 0.717) is 32.1 Å². The van der Waals surface area contributed by atoms with Gasteiger partial charge in [-0.15, -0.1) is 0 Å². The van der Waals surface area contributed by atoms with Gasteiger partial charge in [0, 0.05) is 33.4 Å². The second-order valence-electron chi connectivity index (χ2n) is 6.25. The Balaban J connectivity index is 1.67. The van der Waals surface area contributed by atoms with Crippen LogP contribution >= 0.6 is 0 Å². The van der Waals surface area contributed by atoms with E-state index in [-0.39, 0.29) is 17.6 Å². The van der Waals surface area contributed by atoms with Crippen LogP contribution in [0.1, 0.15) is 18.4 Å². The molecule has 0 spiro atoms. The molecule has 0 aliphatic carbocycles. The molecule has 1 aromatic carbocycles. The zero-order valence-corrected chi connectivity index (χ0v) is 16.4. The molecule has 0 radical (unpaired) electrons. The van der Waals surface area contributed by atoms with Crippen molar-refractivity contribution >= 4 is 5.96 Å². The number of nitrogens with one attached hydrogen (secondary N) is 2. The predicted molar refractivity (Wildman–Crippen MR) is 102 cm³/mol. The zero-order chi connectivity index (χ0) is 20.2. The predicted octanol–water partition coefficient (Wildman–Crippen LogP) is 2.20. The topological polar surface area (TPSA) is 73.3 Å². The van der Waals surface area contributed by atoms with Gasteiger partial charge < -0.3 is 29.6 Å². The normalized spacial score (nSPS) is 17.0. The van der Waals surface area contributed by atoms with Crippen LogP contribution in [0.5, 0.6) is 11.5 Å². The van der Waals surface area contributed by atoms with Crippen LogP contribution < -0.4 is 20.1 Å². The van der Waals surface area contributed by atoms with Gasteiger partial charge in [-0.3, -0.25) is 4.99 Å². The molecule has 0 bridgehead atoms. The monoisotopic (exact) mass is 401 g/mol. The van der Waals surface area contributed by atoms with Gasteiger partial charge in [0.25, 0.3) is 0 Å². The highest BCUT2D eigenvalue weighted by molar-refractivity contribution is 5.79. The summed E-state index contributed by atoms with van der Waals surface area (Å²) in [7, 11) is 3.11. The highest BCUT2D eigenvalue weighted by atomic mass is 19.3. The number of benzene rings is 1. The maximum atomic E-state index is 12.5. The molecule has 1 aliphatic rings. The van der Waals surface area contributed by atoms with Crippen LogP contribution in [0.25, 0.3) is 0 Å². The van der Waals surface area contributed by atoms with Gasteiger partial charge in [0.15, 0.2) is 17.5 Å². The Labute approximate surface area is 164 Å². The second kappa shape index (κ2) is 12.4. The molecular weight excluding hydrogens is 372 g/mol.